The third kappa shape index (κ3) is 5.38. The third-order valence-electron chi connectivity index (χ3n) is 2.06. The maximum absolute atomic E-state index is 11.4. The smallest absolute Gasteiger partial charge is 0.332 e. The van der Waals surface area contributed by atoms with Crippen LogP contribution in [0, 0.1) is 0 Å². The van der Waals surface area contributed by atoms with Crippen LogP contribution in [0.5, 0.6) is 0 Å². The molecule has 0 heterocycles. The first-order chi connectivity index (χ1) is 7.90. The Balaban J connectivity index is 2.27. The number of azide groups is 1. The predicted molar refractivity (Wildman–Crippen MR) is 62.3 cm³/mol. The second-order valence-electron chi connectivity index (χ2n) is 4.83. The van der Waals surface area contributed by atoms with Gasteiger partial charge in [0.15, 0.2) is 0 Å². The Morgan fingerprint density at radius 3 is 2.82 bits per heavy atom. The van der Waals surface area contributed by atoms with E-state index in [-0.39, 0.29) is 18.8 Å². The van der Waals surface area contributed by atoms with Gasteiger partial charge in [0.25, 0.3) is 0 Å². The molecule has 0 N–H and O–H groups in total. The number of carbonyl (C=O) groups excluding carboxylic acids is 1. The average molecular weight is 239 g/mol. The van der Waals surface area contributed by atoms with E-state index in [0.29, 0.717) is 6.42 Å². The molecule has 0 bridgehead atoms. The van der Waals surface area contributed by atoms with Crippen molar-refractivity contribution in [1.29, 1.82) is 0 Å². The van der Waals surface area contributed by atoms with Crippen LogP contribution in [0.25, 0.3) is 10.4 Å². The van der Waals surface area contributed by atoms with Crippen LogP contribution in [-0.2, 0) is 14.3 Å². The van der Waals surface area contributed by atoms with Crippen molar-refractivity contribution in [3.63, 3.8) is 0 Å². The van der Waals surface area contributed by atoms with Crippen LogP contribution in [0.4, 0.5) is 0 Å². The fourth-order valence-electron chi connectivity index (χ4n) is 1.47. The van der Waals surface area contributed by atoms with E-state index in [1.54, 1.807) is 32.9 Å². The zero-order valence-corrected chi connectivity index (χ0v) is 10.3. The molecule has 2 atom stereocenters. The Morgan fingerprint density at radius 1 is 1.53 bits per heavy atom. The summed E-state index contributed by atoms with van der Waals surface area (Å²) in [5.74, 6) is -0.391. The highest BCUT2D eigenvalue weighted by molar-refractivity contribution is 5.71. The lowest BCUT2D eigenvalue weighted by Crippen LogP contribution is -2.27. The number of hydrogen-bond acceptors (Lipinski definition) is 4. The lowest BCUT2D eigenvalue weighted by Gasteiger charge is -2.20. The van der Waals surface area contributed by atoms with Crippen molar-refractivity contribution in [1.82, 2.24) is 0 Å². The van der Waals surface area contributed by atoms with E-state index < -0.39 is 11.6 Å². The van der Waals surface area contributed by atoms with Gasteiger partial charge in [-0.05, 0) is 32.7 Å². The van der Waals surface area contributed by atoms with Crippen LogP contribution < -0.4 is 0 Å². The zero-order chi connectivity index (χ0) is 12.9. The van der Waals surface area contributed by atoms with Crippen LogP contribution in [0.1, 0.15) is 27.2 Å². The fourth-order valence-corrected chi connectivity index (χ4v) is 1.47. The van der Waals surface area contributed by atoms with E-state index in [1.165, 1.54) is 0 Å². The maximum Gasteiger partial charge on any atom is 0.332 e. The van der Waals surface area contributed by atoms with Gasteiger partial charge in [-0.1, -0.05) is 17.3 Å². The quantitative estimate of drug-likeness (QED) is 0.248. The molecule has 94 valence electrons. The monoisotopic (exact) mass is 239 g/mol. The summed E-state index contributed by atoms with van der Waals surface area (Å²) in [6, 6.07) is -0.177. The third-order valence-corrected chi connectivity index (χ3v) is 2.06. The van der Waals surface area contributed by atoms with Gasteiger partial charge < -0.3 is 9.47 Å². The minimum Gasteiger partial charge on any atom is -0.458 e. The van der Waals surface area contributed by atoms with Gasteiger partial charge in [-0.15, -0.1) is 0 Å². The molecule has 0 radical (unpaired) electrons. The highest BCUT2D eigenvalue weighted by atomic mass is 16.6. The van der Waals surface area contributed by atoms with Crippen molar-refractivity contribution in [3.8, 4) is 0 Å². The summed E-state index contributed by atoms with van der Waals surface area (Å²) >= 11 is 0. The highest BCUT2D eigenvalue weighted by Crippen LogP contribution is 2.17. The molecule has 17 heavy (non-hydrogen) atoms. The molecule has 1 aliphatic rings. The van der Waals surface area contributed by atoms with Crippen LogP contribution in [-0.4, -0.2) is 30.3 Å². The van der Waals surface area contributed by atoms with E-state index in [4.69, 9.17) is 15.0 Å². The van der Waals surface area contributed by atoms with Gasteiger partial charge in [-0.2, -0.15) is 0 Å². The maximum atomic E-state index is 11.4. The van der Waals surface area contributed by atoms with E-state index in [0.717, 1.165) is 0 Å². The number of ether oxygens (including phenoxy) is 2. The Hall–Kier alpha value is -1.52. The summed E-state index contributed by atoms with van der Waals surface area (Å²) in [6.45, 7) is 5.32. The Morgan fingerprint density at radius 2 is 2.24 bits per heavy atom. The molecule has 0 saturated heterocycles. The highest BCUT2D eigenvalue weighted by Gasteiger charge is 2.21. The van der Waals surface area contributed by atoms with Crippen molar-refractivity contribution in [3.05, 3.63) is 22.6 Å². The second-order valence-corrected chi connectivity index (χ2v) is 4.83. The number of hydrogen-bond donors (Lipinski definition) is 0. The predicted octanol–water partition coefficient (Wildman–Crippen LogP) is 2.35. The lowest BCUT2D eigenvalue weighted by molar-refractivity contribution is -0.161. The topological polar surface area (TPSA) is 84.3 Å². The molecule has 0 aromatic rings. The molecule has 0 amide bonds. The molecule has 6 heteroatoms. The Bertz CT molecular complexity index is 353. The summed E-state index contributed by atoms with van der Waals surface area (Å²) < 4.78 is 10.4. The number of rotatable bonds is 4. The van der Waals surface area contributed by atoms with Crippen LogP contribution in [0.2, 0.25) is 0 Å². The number of esters is 1. The zero-order valence-electron chi connectivity index (χ0n) is 10.3. The molecule has 6 nitrogen and oxygen atoms in total. The van der Waals surface area contributed by atoms with E-state index in [9.17, 15) is 4.79 Å². The lowest BCUT2D eigenvalue weighted by atomic mass is 10.2. The summed E-state index contributed by atoms with van der Waals surface area (Å²) in [6.07, 6.45) is 3.97. The standard InChI is InChI=1S/C11H17N3O3/c1-11(2,3)17-10(15)7-16-9-5-4-8(6-9)13-14-12/h4-5,8-9H,6-7H2,1-3H3/t8-,9+/m0/s1. The first-order valence-corrected chi connectivity index (χ1v) is 5.46. The van der Waals surface area contributed by atoms with Gasteiger partial charge >= 0.3 is 5.97 Å². The largest absolute Gasteiger partial charge is 0.458 e. The summed E-state index contributed by atoms with van der Waals surface area (Å²) in [5.41, 5.74) is 7.77. The Kier molecular flexibility index (Phi) is 4.54. The van der Waals surface area contributed by atoms with Crippen molar-refractivity contribution >= 4 is 5.97 Å². The van der Waals surface area contributed by atoms with Crippen molar-refractivity contribution in [2.75, 3.05) is 6.61 Å². The van der Waals surface area contributed by atoms with Gasteiger partial charge in [0.2, 0.25) is 0 Å². The van der Waals surface area contributed by atoms with Crippen LogP contribution >= 0.6 is 0 Å². The molecule has 0 fully saturated rings. The summed E-state index contributed by atoms with van der Waals surface area (Å²) in [5, 5.41) is 3.56. The fraction of sp³-hybridized carbons (Fsp3) is 0.727. The molecule has 1 rings (SSSR count). The molecule has 0 spiro atoms. The van der Waals surface area contributed by atoms with Gasteiger partial charge in [-0.25, -0.2) is 4.79 Å². The van der Waals surface area contributed by atoms with Crippen LogP contribution in [0.15, 0.2) is 17.3 Å². The summed E-state index contributed by atoms with van der Waals surface area (Å²) in [7, 11) is 0. The first kappa shape index (κ1) is 13.5. The van der Waals surface area contributed by atoms with Crippen LogP contribution in [0.3, 0.4) is 0 Å². The van der Waals surface area contributed by atoms with Gasteiger partial charge in [0.05, 0.1) is 12.1 Å². The van der Waals surface area contributed by atoms with Crippen molar-refractivity contribution < 1.29 is 14.3 Å². The second kappa shape index (κ2) is 5.70. The first-order valence-electron chi connectivity index (χ1n) is 5.46. The minimum absolute atomic E-state index is 0.0880. The molecular formula is C11H17N3O3. The normalized spacial score (nSPS) is 23.2. The van der Waals surface area contributed by atoms with E-state index in [2.05, 4.69) is 10.0 Å². The van der Waals surface area contributed by atoms with Gasteiger partial charge in [-0.3, -0.25) is 0 Å². The molecule has 0 aliphatic heterocycles. The van der Waals surface area contributed by atoms with Gasteiger partial charge in [0.1, 0.15) is 12.2 Å². The van der Waals surface area contributed by atoms with E-state index >= 15 is 0 Å². The molecule has 0 unspecified atom stereocenters. The average Bonchev–Trinajstić information content (AvgIpc) is 2.61. The Labute approximate surface area is 100 Å². The number of nitrogens with zero attached hydrogens (tertiary/aromatic N) is 3. The molecule has 0 aromatic carbocycles. The molecule has 1 aliphatic carbocycles. The van der Waals surface area contributed by atoms with Crippen molar-refractivity contribution in [2.45, 2.75) is 44.9 Å². The molecule has 0 aromatic heterocycles. The minimum atomic E-state index is -0.500. The van der Waals surface area contributed by atoms with Gasteiger partial charge in [0, 0.05) is 4.91 Å². The van der Waals surface area contributed by atoms with E-state index in [1.807, 2.05) is 0 Å². The molecular weight excluding hydrogens is 222 g/mol. The SMILES string of the molecule is CC(C)(C)OC(=O)CO[C@@H]1C=C[C@H](N=[N+]=[N-])C1. The summed E-state index contributed by atoms with van der Waals surface area (Å²) in [4.78, 5) is 14.1. The van der Waals surface area contributed by atoms with Crippen molar-refractivity contribution in [2.24, 2.45) is 5.11 Å². The number of carbonyl (C=O) groups is 1. The molecule has 0 saturated carbocycles.